The lowest BCUT2D eigenvalue weighted by Crippen LogP contribution is -2.27. The number of hydrogen-bond acceptors (Lipinski definition) is 7. The van der Waals surface area contributed by atoms with Crippen molar-refractivity contribution in [3.63, 3.8) is 0 Å². The van der Waals surface area contributed by atoms with Gasteiger partial charge in [-0.3, -0.25) is 4.79 Å². The molecule has 0 aromatic rings. The Morgan fingerprint density at radius 1 is 0.609 bits per heavy atom. The van der Waals surface area contributed by atoms with Gasteiger partial charge in [-0.2, -0.15) is 0 Å². The summed E-state index contributed by atoms with van der Waals surface area (Å²) in [5.74, 6) is 12.6. The number of carbonyl (C=O) groups excluding carboxylic acids is 1. The van der Waals surface area contributed by atoms with Gasteiger partial charge in [0.25, 0.3) is 0 Å². The lowest BCUT2D eigenvalue weighted by atomic mass is 10.1. The Kier molecular flexibility index (Phi) is 36.5. The van der Waals surface area contributed by atoms with Crippen LogP contribution in [0, 0.1) is 23.7 Å². The third kappa shape index (κ3) is 33.7. The van der Waals surface area contributed by atoms with E-state index in [1.165, 1.54) is 38.5 Å². The third-order valence-corrected chi connectivity index (χ3v) is 7.78. The molecule has 0 aliphatic carbocycles. The van der Waals surface area contributed by atoms with Crippen molar-refractivity contribution in [1.29, 1.82) is 0 Å². The summed E-state index contributed by atoms with van der Waals surface area (Å²) >= 11 is 0. The second kappa shape index (κ2) is 37.8. The standard InChI is InChI=1S/C39H71NO6/c1-4-6-8-10-17-24-36-45-39(46-37-25-18-11-9-7-5-2)29-26-28-38(42)44-35-23-19-13-15-21-31-40(32-27-33-41)30-20-14-12-16-22-34-43-3/h39,41H,4-9,12-16,19-37H2,1-3H3. The predicted octanol–water partition coefficient (Wildman–Crippen LogP) is 8.46. The minimum Gasteiger partial charge on any atom is -0.466 e. The van der Waals surface area contributed by atoms with Crippen molar-refractivity contribution in [2.75, 3.05) is 59.8 Å². The van der Waals surface area contributed by atoms with Crippen LogP contribution in [0.2, 0.25) is 0 Å². The number of aliphatic hydroxyl groups excluding tert-OH is 1. The summed E-state index contributed by atoms with van der Waals surface area (Å²) in [5, 5.41) is 9.25. The lowest BCUT2D eigenvalue weighted by molar-refractivity contribution is -0.149. The average molecular weight is 650 g/mol. The molecule has 0 radical (unpaired) electrons. The Balaban J connectivity index is 4.09. The average Bonchev–Trinajstić information content (AvgIpc) is 3.06. The third-order valence-electron chi connectivity index (χ3n) is 7.78. The van der Waals surface area contributed by atoms with Crippen molar-refractivity contribution in [3.05, 3.63) is 0 Å². The number of methoxy groups -OCH3 is 1. The molecule has 0 rings (SSSR count). The van der Waals surface area contributed by atoms with E-state index in [4.69, 9.17) is 18.9 Å². The molecule has 7 nitrogen and oxygen atoms in total. The highest BCUT2D eigenvalue weighted by atomic mass is 16.7. The zero-order valence-corrected chi connectivity index (χ0v) is 30.2. The molecule has 268 valence electrons. The molecule has 7 heteroatoms. The van der Waals surface area contributed by atoms with E-state index >= 15 is 0 Å². The summed E-state index contributed by atoms with van der Waals surface area (Å²) in [6.07, 6.45) is 21.8. The van der Waals surface area contributed by atoms with Crippen LogP contribution in [0.3, 0.4) is 0 Å². The molecular formula is C39H71NO6. The first-order chi connectivity index (χ1) is 22.7. The van der Waals surface area contributed by atoms with Crippen LogP contribution in [0.25, 0.3) is 0 Å². The van der Waals surface area contributed by atoms with E-state index in [9.17, 15) is 9.90 Å². The zero-order chi connectivity index (χ0) is 33.6. The van der Waals surface area contributed by atoms with Gasteiger partial charge in [-0.05, 0) is 70.9 Å². The predicted molar refractivity (Wildman–Crippen MR) is 191 cm³/mol. The summed E-state index contributed by atoms with van der Waals surface area (Å²) in [6, 6.07) is 0. The first-order valence-corrected chi connectivity index (χ1v) is 18.8. The first kappa shape index (κ1) is 44.4. The van der Waals surface area contributed by atoms with Crippen molar-refractivity contribution in [3.8, 4) is 23.7 Å². The maximum absolute atomic E-state index is 12.3. The van der Waals surface area contributed by atoms with Gasteiger partial charge in [-0.15, -0.1) is 23.7 Å². The highest BCUT2D eigenvalue weighted by Crippen LogP contribution is 2.11. The Labute approximate surface area is 284 Å². The topological polar surface area (TPSA) is 77.5 Å². The van der Waals surface area contributed by atoms with E-state index in [1.807, 2.05) is 0 Å². The highest BCUT2D eigenvalue weighted by molar-refractivity contribution is 5.69. The fraction of sp³-hybridized carbons (Fsp3) is 0.872. The minimum atomic E-state index is -0.340. The van der Waals surface area contributed by atoms with Crippen LogP contribution in [0.1, 0.15) is 155 Å². The molecule has 0 saturated heterocycles. The van der Waals surface area contributed by atoms with Gasteiger partial charge in [0, 0.05) is 59.0 Å². The molecule has 0 fully saturated rings. The van der Waals surface area contributed by atoms with E-state index in [2.05, 4.69) is 42.4 Å². The van der Waals surface area contributed by atoms with Crippen molar-refractivity contribution in [1.82, 2.24) is 4.90 Å². The molecule has 0 amide bonds. The molecule has 0 saturated carbocycles. The Bertz CT molecular complexity index is 736. The monoisotopic (exact) mass is 650 g/mol. The van der Waals surface area contributed by atoms with Gasteiger partial charge in [-0.25, -0.2) is 0 Å². The van der Waals surface area contributed by atoms with E-state index in [-0.39, 0.29) is 18.9 Å². The second-order valence-corrected chi connectivity index (χ2v) is 12.1. The molecule has 0 spiro atoms. The smallest absolute Gasteiger partial charge is 0.305 e. The Morgan fingerprint density at radius 2 is 1.11 bits per heavy atom. The number of rotatable bonds is 33. The Morgan fingerprint density at radius 3 is 1.65 bits per heavy atom. The fourth-order valence-corrected chi connectivity index (χ4v) is 4.96. The molecular weight excluding hydrogens is 578 g/mol. The van der Waals surface area contributed by atoms with Crippen LogP contribution >= 0.6 is 0 Å². The molecule has 0 unspecified atom stereocenters. The van der Waals surface area contributed by atoms with Gasteiger partial charge in [0.05, 0.1) is 19.8 Å². The van der Waals surface area contributed by atoms with Crippen LogP contribution in [0.4, 0.5) is 0 Å². The van der Waals surface area contributed by atoms with Crippen LogP contribution in [0.5, 0.6) is 0 Å². The maximum Gasteiger partial charge on any atom is 0.305 e. The quantitative estimate of drug-likeness (QED) is 0.0331. The maximum atomic E-state index is 12.3. The van der Waals surface area contributed by atoms with Crippen molar-refractivity contribution in [2.45, 2.75) is 161 Å². The van der Waals surface area contributed by atoms with Gasteiger partial charge in [0.2, 0.25) is 0 Å². The Hall–Kier alpha value is -1.61. The van der Waals surface area contributed by atoms with Crippen LogP contribution in [-0.2, 0) is 23.7 Å². The number of ether oxygens (including phenoxy) is 4. The number of hydrogen-bond donors (Lipinski definition) is 1. The SMILES string of the molecule is CCCCC#CCCOC(CCCC(=O)OCCCCCCCN(CCCO)CCCCCCCOC)OCCC#CCCCC. The van der Waals surface area contributed by atoms with Crippen LogP contribution in [0.15, 0.2) is 0 Å². The van der Waals surface area contributed by atoms with Crippen LogP contribution < -0.4 is 0 Å². The number of aliphatic hydroxyl groups is 1. The van der Waals surface area contributed by atoms with E-state index in [1.54, 1.807) is 7.11 Å². The molecule has 0 aliphatic heterocycles. The largest absolute Gasteiger partial charge is 0.466 e. The number of nitrogens with zero attached hydrogens (tertiary/aromatic N) is 1. The summed E-state index contributed by atoms with van der Waals surface area (Å²) in [5.41, 5.74) is 0. The van der Waals surface area contributed by atoms with Gasteiger partial charge < -0.3 is 29.0 Å². The summed E-state index contributed by atoms with van der Waals surface area (Å²) in [7, 11) is 1.77. The molecule has 0 heterocycles. The molecule has 0 aliphatic rings. The zero-order valence-electron chi connectivity index (χ0n) is 30.2. The van der Waals surface area contributed by atoms with E-state index in [0.717, 1.165) is 96.9 Å². The molecule has 1 N–H and O–H groups in total. The molecule has 0 atom stereocenters. The van der Waals surface area contributed by atoms with E-state index < -0.39 is 0 Å². The fourth-order valence-electron chi connectivity index (χ4n) is 4.96. The first-order valence-electron chi connectivity index (χ1n) is 18.8. The molecule has 0 bridgehead atoms. The van der Waals surface area contributed by atoms with Crippen LogP contribution in [-0.4, -0.2) is 82.0 Å². The summed E-state index contributed by atoms with van der Waals surface area (Å²) in [4.78, 5) is 14.8. The molecule has 0 aromatic heterocycles. The molecule has 0 aromatic carbocycles. The number of unbranched alkanes of at least 4 members (excludes halogenated alkanes) is 12. The normalized spacial score (nSPS) is 11.0. The number of esters is 1. The van der Waals surface area contributed by atoms with Gasteiger partial charge in [0.1, 0.15) is 0 Å². The summed E-state index contributed by atoms with van der Waals surface area (Å²) in [6.45, 7) is 10.2. The van der Waals surface area contributed by atoms with Gasteiger partial charge in [0.15, 0.2) is 6.29 Å². The van der Waals surface area contributed by atoms with E-state index in [0.29, 0.717) is 51.9 Å². The number of carbonyl (C=O) groups is 1. The van der Waals surface area contributed by atoms with Crippen molar-refractivity contribution < 1.29 is 28.8 Å². The van der Waals surface area contributed by atoms with Gasteiger partial charge >= 0.3 is 5.97 Å². The minimum absolute atomic E-state index is 0.138. The van der Waals surface area contributed by atoms with Gasteiger partial charge in [-0.1, -0.05) is 65.2 Å². The molecule has 46 heavy (non-hydrogen) atoms. The summed E-state index contributed by atoms with van der Waals surface area (Å²) < 4.78 is 22.5. The van der Waals surface area contributed by atoms with Crippen molar-refractivity contribution in [2.24, 2.45) is 0 Å². The lowest BCUT2D eigenvalue weighted by Gasteiger charge is -2.22. The second-order valence-electron chi connectivity index (χ2n) is 12.1. The van der Waals surface area contributed by atoms with Crippen molar-refractivity contribution >= 4 is 5.97 Å². The highest BCUT2D eigenvalue weighted by Gasteiger charge is 2.11.